The van der Waals surface area contributed by atoms with Gasteiger partial charge >= 0.3 is 5.69 Å². The molecule has 0 bridgehead atoms. The number of nitro benzene ring substituents is 1. The fourth-order valence-corrected chi connectivity index (χ4v) is 2.88. The van der Waals surface area contributed by atoms with Crippen LogP contribution in [0.3, 0.4) is 0 Å². The smallest absolute Gasteiger partial charge is 0.309 e. The van der Waals surface area contributed by atoms with Crippen molar-refractivity contribution in [3.05, 3.63) is 80.1 Å². The lowest BCUT2D eigenvalue weighted by molar-refractivity contribution is -0.385. The molecular weight excluding hydrogens is 406 g/mol. The predicted octanol–water partition coefficient (Wildman–Crippen LogP) is 4.14. The standard InChI is InChI=1S/C20H19N5O6/c1-13-4-3-5-17(8-13)31-18-10-15(9-16(11-18)24(27)28)21-20(26)6-7-23-12-19(25(29)30)14(2)22-23/h3-5,8-12H,6-7H2,1-2H3,(H,21,26). The van der Waals surface area contributed by atoms with Crippen molar-refractivity contribution in [3.63, 3.8) is 0 Å². The largest absolute Gasteiger partial charge is 0.457 e. The molecule has 0 aliphatic heterocycles. The van der Waals surface area contributed by atoms with E-state index in [1.54, 1.807) is 18.2 Å². The number of hydrogen-bond acceptors (Lipinski definition) is 7. The van der Waals surface area contributed by atoms with E-state index in [-0.39, 0.29) is 41.5 Å². The molecule has 31 heavy (non-hydrogen) atoms. The minimum atomic E-state index is -0.579. The maximum atomic E-state index is 12.3. The average Bonchev–Trinajstić information content (AvgIpc) is 3.07. The molecular formula is C20H19N5O6. The van der Waals surface area contributed by atoms with Gasteiger partial charge in [0.1, 0.15) is 23.4 Å². The van der Waals surface area contributed by atoms with Crippen LogP contribution in [0.5, 0.6) is 11.5 Å². The Labute approximate surface area is 176 Å². The van der Waals surface area contributed by atoms with Gasteiger partial charge in [0.2, 0.25) is 5.91 Å². The van der Waals surface area contributed by atoms with E-state index in [0.29, 0.717) is 5.75 Å². The Bertz CT molecular complexity index is 1160. The molecule has 0 atom stereocenters. The lowest BCUT2D eigenvalue weighted by atomic mass is 10.2. The predicted molar refractivity (Wildman–Crippen MR) is 111 cm³/mol. The molecule has 1 heterocycles. The Morgan fingerprint density at radius 2 is 1.87 bits per heavy atom. The van der Waals surface area contributed by atoms with Gasteiger partial charge in [-0.1, -0.05) is 12.1 Å². The third-order valence-corrected chi connectivity index (χ3v) is 4.30. The quantitative estimate of drug-likeness (QED) is 0.422. The molecule has 1 aromatic heterocycles. The summed E-state index contributed by atoms with van der Waals surface area (Å²) >= 11 is 0. The van der Waals surface area contributed by atoms with Crippen molar-refractivity contribution >= 4 is 23.0 Å². The topological polar surface area (TPSA) is 142 Å². The Hall–Kier alpha value is -4.28. The van der Waals surface area contributed by atoms with Crippen LogP contribution in [-0.4, -0.2) is 25.5 Å². The summed E-state index contributed by atoms with van der Waals surface area (Å²) < 4.78 is 7.02. The number of nitrogens with one attached hydrogen (secondary N) is 1. The van der Waals surface area contributed by atoms with Crippen LogP contribution >= 0.6 is 0 Å². The van der Waals surface area contributed by atoms with Crippen molar-refractivity contribution in [3.8, 4) is 11.5 Å². The highest BCUT2D eigenvalue weighted by atomic mass is 16.6. The normalized spacial score (nSPS) is 10.5. The van der Waals surface area contributed by atoms with Crippen LogP contribution in [0.4, 0.5) is 17.1 Å². The van der Waals surface area contributed by atoms with Crippen molar-refractivity contribution in [1.82, 2.24) is 9.78 Å². The second kappa shape index (κ2) is 9.03. The number of carbonyl (C=O) groups is 1. The highest BCUT2D eigenvalue weighted by molar-refractivity contribution is 5.91. The molecule has 3 rings (SSSR count). The number of anilines is 1. The van der Waals surface area contributed by atoms with Gasteiger partial charge in [0, 0.05) is 25.1 Å². The highest BCUT2D eigenvalue weighted by Gasteiger charge is 2.17. The van der Waals surface area contributed by atoms with Crippen LogP contribution in [-0.2, 0) is 11.3 Å². The first-order chi connectivity index (χ1) is 14.7. The van der Waals surface area contributed by atoms with Gasteiger partial charge in [-0.05, 0) is 31.5 Å². The molecule has 11 heteroatoms. The summed E-state index contributed by atoms with van der Waals surface area (Å²) in [5, 5.41) is 28.7. The first-order valence-corrected chi connectivity index (χ1v) is 9.23. The maximum Gasteiger partial charge on any atom is 0.309 e. The molecule has 0 aliphatic rings. The monoisotopic (exact) mass is 425 g/mol. The lowest BCUT2D eigenvalue weighted by Gasteiger charge is -2.10. The van der Waals surface area contributed by atoms with Crippen LogP contribution in [0.2, 0.25) is 0 Å². The number of amides is 1. The lowest BCUT2D eigenvalue weighted by Crippen LogP contribution is -2.15. The number of non-ortho nitro benzene ring substituents is 1. The molecule has 0 aliphatic carbocycles. The van der Waals surface area contributed by atoms with Gasteiger partial charge in [-0.3, -0.25) is 29.7 Å². The molecule has 1 amide bonds. The summed E-state index contributed by atoms with van der Waals surface area (Å²) in [5.41, 5.74) is 1.05. The number of aromatic nitrogens is 2. The summed E-state index contributed by atoms with van der Waals surface area (Å²) in [7, 11) is 0. The van der Waals surface area contributed by atoms with Gasteiger partial charge in [-0.25, -0.2) is 0 Å². The third kappa shape index (κ3) is 5.63. The first-order valence-electron chi connectivity index (χ1n) is 9.23. The van der Waals surface area contributed by atoms with Crippen LogP contribution in [0.25, 0.3) is 0 Å². The Balaban J connectivity index is 1.71. The molecule has 0 fully saturated rings. The average molecular weight is 425 g/mol. The van der Waals surface area contributed by atoms with E-state index in [0.717, 1.165) is 5.56 Å². The van der Waals surface area contributed by atoms with Crippen molar-refractivity contribution < 1.29 is 19.4 Å². The van der Waals surface area contributed by atoms with Crippen LogP contribution in [0.1, 0.15) is 17.7 Å². The van der Waals surface area contributed by atoms with Crippen molar-refractivity contribution in [2.45, 2.75) is 26.8 Å². The fourth-order valence-electron chi connectivity index (χ4n) is 2.88. The Morgan fingerprint density at radius 3 is 2.52 bits per heavy atom. The summed E-state index contributed by atoms with van der Waals surface area (Å²) in [6.07, 6.45) is 1.22. The molecule has 11 nitrogen and oxygen atoms in total. The van der Waals surface area contributed by atoms with Gasteiger partial charge in [0.15, 0.2) is 0 Å². The number of hydrogen-bond donors (Lipinski definition) is 1. The summed E-state index contributed by atoms with van der Waals surface area (Å²) in [6, 6.07) is 11.2. The molecule has 2 aromatic carbocycles. The van der Waals surface area contributed by atoms with Gasteiger partial charge in [0.05, 0.1) is 21.6 Å². The van der Waals surface area contributed by atoms with E-state index in [2.05, 4.69) is 10.4 Å². The number of rotatable bonds is 8. The van der Waals surface area contributed by atoms with Crippen LogP contribution in [0, 0.1) is 34.1 Å². The van der Waals surface area contributed by atoms with E-state index in [9.17, 15) is 25.0 Å². The summed E-state index contributed by atoms with van der Waals surface area (Å²) in [4.78, 5) is 33.3. The first kappa shape index (κ1) is 21.4. The molecule has 1 N–H and O–H groups in total. The Kier molecular flexibility index (Phi) is 6.24. The zero-order valence-corrected chi connectivity index (χ0v) is 16.8. The third-order valence-electron chi connectivity index (χ3n) is 4.30. The van der Waals surface area contributed by atoms with E-state index >= 15 is 0 Å². The number of ether oxygens (including phenoxy) is 1. The molecule has 0 saturated heterocycles. The van der Waals surface area contributed by atoms with E-state index in [4.69, 9.17) is 4.74 Å². The van der Waals surface area contributed by atoms with E-state index in [1.807, 2.05) is 13.0 Å². The zero-order valence-electron chi connectivity index (χ0n) is 16.8. The second-order valence-electron chi connectivity index (χ2n) is 6.81. The molecule has 3 aromatic rings. The number of benzene rings is 2. The minimum absolute atomic E-state index is 0.0327. The summed E-state index contributed by atoms with van der Waals surface area (Å²) in [5.74, 6) is 0.277. The second-order valence-corrected chi connectivity index (χ2v) is 6.81. The van der Waals surface area contributed by atoms with Gasteiger partial charge in [0.25, 0.3) is 5.69 Å². The number of nitro groups is 2. The molecule has 0 unspecified atom stereocenters. The zero-order chi connectivity index (χ0) is 22.5. The number of nitrogens with zero attached hydrogens (tertiary/aromatic N) is 4. The molecule has 0 radical (unpaired) electrons. The van der Waals surface area contributed by atoms with E-state index in [1.165, 1.54) is 36.0 Å². The molecule has 0 saturated carbocycles. The van der Waals surface area contributed by atoms with Gasteiger partial charge in [-0.2, -0.15) is 5.10 Å². The number of aryl methyl sites for hydroxylation is 3. The maximum absolute atomic E-state index is 12.3. The molecule has 0 spiro atoms. The molecule has 160 valence electrons. The van der Waals surface area contributed by atoms with Crippen LogP contribution < -0.4 is 10.1 Å². The highest BCUT2D eigenvalue weighted by Crippen LogP contribution is 2.30. The van der Waals surface area contributed by atoms with Gasteiger partial charge in [-0.15, -0.1) is 0 Å². The van der Waals surface area contributed by atoms with Crippen molar-refractivity contribution in [2.75, 3.05) is 5.32 Å². The fraction of sp³-hybridized carbons (Fsp3) is 0.200. The van der Waals surface area contributed by atoms with Crippen molar-refractivity contribution in [2.24, 2.45) is 0 Å². The minimum Gasteiger partial charge on any atom is -0.457 e. The number of carbonyl (C=O) groups excluding carboxylic acids is 1. The van der Waals surface area contributed by atoms with E-state index < -0.39 is 15.8 Å². The summed E-state index contributed by atoms with van der Waals surface area (Å²) in [6.45, 7) is 3.51. The van der Waals surface area contributed by atoms with Crippen LogP contribution in [0.15, 0.2) is 48.7 Å². The van der Waals surface area contributed by atoms with Crippen molar-refractivity contribution in [1.29, 1.82) is 0 Å². The SMILES string of the molecule is Cc1cccc(Oc2cc(NC(=O)CCn3cc([N+](=O)[O-])c(C)n3)cc([N+](=O)[O-])c2)c1. The van der Waals surface area contributed by atoms with Gasteiger partial charge < -0.3 is 10.1 Å². The Morgan fingerprint density at radius 1 is 1.10 bits per heavy atom.